The molecule has 2 aromatic rings. The molecule has 1 aliphatic heterocycles. The van der Waals surface area contributed by atoms with Crippen LogP contribution in [0.2, 0.25) is 0 Å². The maximum atomic E-state index is 15.2. The number of aliphatic hydroxyl groups is 1. The quantitative estimate of drug-likeness (QED) is 0.271. The van der Waals surface area contributed by atoms with Crippen LogP contribution >= 0.6 is 7.82 Å². The van der Waals surface area contributed by atoms with E-state index in [4.69, 9.17) is 20.3 Å². The fraction of sp³-hybridized carbons (Fsp3) is 0.583. The van der Waals surface area contributed by atoms with Crippen molar-refractivity contribution in [2.75, 3.05) is 24.7 Å². The highest BCUT2D eigenvalue weighted by Crippen LogP contribution is 2.42. The van der Waals surface area contributed by atoms with Gasteiger partial charge in [-0.1, -0.05) is 4.98 Å². The fourth-order valence-electron chi connectivity index (χ4n) is 2.86. The number of fused-ring (bicyclic) bond motifs is 1. The van der Waals surface area contributed by atoms with Crippen molar-refractivity contribution in [2.45, 2.75) is 31.0 Å². The van der Waals surface area contributed by atoms with Gasteiger partial charge in [0, 0.05) is 7.05 Å². The number of imidazole rings is 1. The Morgan fingerprint density at radius 2 is 2.27 bits per heavy atom. The lowest BCUT2D eigenvalue weighted by atomic mass is 9.98. The summed E-state index contributed by atoms with van der Waals surface area (Å²) in [7, 11) is -3.17. The van der Waals surface area contributed by atoms with Crippen molar-refractivity contribution in [1.82, 2.24) is 15.0 Å². The molecule has 0 aliphatic carbocycles. The molecule has 26 heavy (non-hydrogen) atoms. The molecule has 14 heteroatoms. The molecule has 0 radical (unpaired) electrons. The summed E-state index contributed by atoms with van der Waals surface area (Å²) in [5.41, 5.74) is 4.02. The highest BCUT2D eigenvalue weighted by molar-refractivity contribution is 7.46. The molecule has 12 nitrogen and oxygen atoms in total. The van der Waals surface area contributed by atoms with Gasteiger partial charge in [0.05, 0.1) is 6.61 Å². The molecule has 1 saturated heterocycles. The van der Waals surface area contributed by atoms with Gasteiger partial charge >= 0.3 is 13.5 Å². The van der Waals surface area contributed by atoms with Crippen LogP contribution in [-0.4, -0.2) is 61.4 Å². The zero-order valence-corrected chi connectivity index (χ0v) is 14.7. The third-order valence-corrected chi connectivity index (χ3v) is 4.60. The first-order valence-corrected chi connectivity index (χ1v) is 9.03. The lowest BCUT2D eigenvalue weighted by Gasteiger charge is -2.21. The minimum absolute atomic E-state index is 0.0595. The number of nitrogen functional groups attached to an aromatic ring is 1. The number of phosphoric acid groups is 1. The van der Waals surface area contributed by atoms with Gasteiger partial charge in [0.15, 0.2) is 17.8 Å². The Kier molecular flexibility index (Phi) is 4.63. The third kappa shape index (κ3) is 3.24. The van der Waals surface area contributed by atoms with Gasteiger partial charge in [-0.05, 0) is 6.92 Å². The summed E-state index contributed by atoms with van der Waals surface area (Å²) in [6.07, 6.45) is -2.97. The smallest absolute Gasteiger partial charge is 0.387 e. The van der Waals surface area contributed by atoms with Gasteiger partial charge < -0.3 is 30.7 Å². The van der Waals surface area contributed by atoms with E-state index in [0.717, 1.165) is 6.92 Å². The van der Waals surface area contributed by atoms with Gasteiger partial charge in [-0.15, -0.1) is 0 Å². The number of nitrogens with one attached hydrogen (secondary N) is 2. The van der Waals surface area contributed by atoms with Gasteiger partial charge in [0.1, 0.15) is 12.2 Å². The molecule has 1 aliphatic rings. The average molecular weight is 393 g/mol. The molecule has 4 atom stereocenters. The van der Waals surface area contributed by atoms with Crippen LogP contribution in [0.25, 0.3) is 11.2 Å². The lowest BCUT2D eigenvalue weighted by molar-refractivity contribution is -0.749. The molecule has 0 spiro atoms. The van der Waals surface area contributed by atoms with E-state index < -0.39 is 38.5 Å². The predicted molar refractivity (Wildman–Crippen MR) is 85.5 cm³/mol. The standard InChI is InChI=1S/C12H18FN6O6P/c1-12(13)7(20)5(3-24-26(21,22)23)25-10(12)19-4-16-6-8(15-2)17-11(14)18-9(6)19/h4-5,7,10,20H,3H2,1-2H3,(H5,14,15,17,18,21,22,23)/p+1. The van der Waals surface area contributed by atoms with Crippen molar-refractivity contribution in [3.8, 4) is 0 Å². The van der Waals surface area contributed by atoms with Crippen molar-refractivity contribution in [2.24, 2.45) is 0 Å². The molecular formula is C12H19FN6O6P+. The summed E-state index contributed by atoms with van der Waals surface area (Å²) >= 11 is 0. The minimum atomic E-state index is -4.79. The molecule has 0 bridgehead atoms. The van der Waals surface area contributed by atoms with Crippen LogP contribution < -0.4 is 15.6 Å². The van der Waals surface area contributed by atoms with Crippen molar-refractivity contribution < 1.29 is 37.7 Å². The number of nitrogens with zero attached hydrogens (tertiary/aromatic N) is 3. The Morgan fingerprint density at radius 1 is 1.58 bits per heavy atom. The van der Waals surface area contributed by atoms with E-state index in [0.29, 0.717) is 11.3 Å². The number of hydrogen-bond acceptors (Lipinski definition) is 8. The second-order valence-corrected chi connectivity index (χ2v) is 7.21. The molecule has 0 aromatic carbocycles. The average Bonchev–Trinajstić information content (AvgIpc) is 3.04. The zero-order valence-electron chi connectivity index (χ0n) is 13.8. The molecular weight excluding hydrogens is 374 g/mol. The second-order valence-electron chi connectivity index (χ2n) is 5.97. The SMILES string of the molecule is CNc1nc(N)nc2c1[nH]c[n+]2C1OC(COP(=O)(O)O)C(O)C1(C)F. The monoisotopic (exact) mass is 393 g/mol. The van der Waals surface area contributed by atoms with Crippen LogP contribution in [0.3, 0.4) is 0 Å². The van der Waals surface area contributed by atoms with Crippen LogP contribution in [0, 0.1) is 0 Å². The van der Waals surface area contributed by atoms with E-state index in [2.05, 4.69) is 24.8 Å². The molecule has 7 N–H and O–H groups in total. The maximum Gasteiger partial charge on any atom is 0.469 e. The van der Waals surface area contributed by atoms with E-state index >= 15 is 4.39 Å². The van der Waals surface area contributed by atoms with Crippen molar-refractivity contribution in [1.29, 1.82) is 0 Å². The molecule has 1 fully saturated rings. The van der Waals surface area contributed by atoms with Crippen LogP contribution in [-0.2, 0) is 13.8 Å². The number of hydrogen-bond donors (Lipinski definition) is 6. The number of anilines is 2. The maximum absolute atomic E-state index is 15.2. The number of ether oxygens (including phenoxy) is 1. The van der Waals surface area contributed by atoms with Crippen LogP contribution in [0.15, 0.2) is 6.33 Å². The predicted octanol–water partition coefficient (Wildman–Crippen LogP) is -1.03. The van der Waals surface area contributed by atoms with Gasteiger partial charge in [-0.2, -0.15) is 4.98 Å². The van der Waals surface area contributed by atoms with E-state index in [1.54, 1.807) is 7.05 Å². The first-order chi connectivity index (χ1) is 12.0. The first kappa shape index (κ1) is 18.9. The highest BCUT2D eigenvalue weighted by Gasteiger charge is 2.57. The number of rotatable bonds is 5. The zero-order chi connectivity index (χ0) is 19.3. The number of alkyl halides is 1. The van der Waals surface area contributed by atoms with Gasteiger partial charge in [0.2, 0.25) is 11.7 Å². The lowest BCUT2D eigenvalue weighted by Crippen LogP contribution is -2.50. The van der Waals surface area contributed by atoms with E-state index in [1.807, 2.05) is 0 Å². The Hall–Kier alpha value is -1.89. The van der Waals surface area contributed by atoms with Crippen molar-refractivity contribution >= 4 is 30.8 Å². The summed E-state index contributed by atoms with van der Waals surface area (Å²) in [6.45, 7) is 0.415. The molecule has 144 valence electrons. The van der Waals surface area contributed by atoms with Gasteiger partial charge in [0.25, 0.3) is 5.95 Å². The Morgan fingerprint density at radius 3 is 2.88 bits per heavy atom. The highest BCUT2D eigenvalue weighted by atomic mass is 31.2. The number of nitrogens with two attached hydrogens (primary N) is 1. The Bertz CT molecular complexity index is 871. The summed E-state index contributed by atoms with van der Waals surface area (Å²) in [4.78, 5) is 28.5. The largest absolute Gasteiger partial charge is 0.469 e. The Balaban J connectivity index is 1.97. The van der Waals surface area contributed by atoms with Crippen LogP contribution in [0.4, 0.5) is 16.2 Å². The third-order valence-electron chi connectivity index (χ3n) is 4.11. The molecule has 0 amide bonds. The molecule has 2 aromatic heterocycles. The summed E-state index contributed by atoms with van der Waals surface area (Å²) in [5.74, 6) is 0.322. The van der Waals surface area contributed by atoms with Crippen LogP contribution in [0.5, 0.6) is 0 Å². The number of halogens is 1. The van der Waals surface area contributed by atoms with Gasteiger partial charge in [-0.3, -0.25) is 9.51 Å². The Labute approximate surface area is 146 Å². The second kappa shape index (κ2) is 6.37. The summed E-state index contributed by atoms with van der Waals surface area (Å²) in [6, 6.07) is 0. The van der Waals surface area contributed by atoms with Crippen molar-refractivity contribution in [3.63, 3.8) is 0 Å². The van der Waals surface area contributed by atoms with E-state index in [9.17, 15) is 9.67 Å². The van der Waals surface area contributed by atoms with Crippen LogP contribution in [0.1, 0.15) is 13.2 Å². The molecule has 4 unspecified atom stereocenters. The normalized spacial score (nSPS) is 29.4. The van der Waals surface area contributed by atoms with Crippen molar-refractivity contribution in [3.05, 3.63) is 6.33 Å². The molecule has 3 heterocycles. The van der Waals surface area contributed by atoms with E-state index in [-0.39, 0.29) is 11.6 Å². The first-order valence-electron chi connectivity index (χ1n) is 7.50. The topological polar surface area (TPSA) is 180 Å². The number of H-pyrrole nitrogens is 1. The minimum Gasteiger partial charge on any atom is -0.387 e. The number of aliphatic hydroxyl groups excluding tert-OH is 1. The summed E-state index contributed by atoms with van der Waals surface area (Å²) < 4.78 is 37.1. The fourth-order valence-corrected chi connectivity index (χ4v) is 3.20. The number of aromatic amines is 1. The molecule has 3 rings (SSSR count). The van der Waals surface area contributed by atoms with E-state index in [1.165, 1.54) is 10.9 Å². The number of aromatic nitrogens is 4. The number of phosphoric ester groups is 1. The summed E-state index contributed by atoms with van der Waals surface area (Å²) in [5, 5.41) is 13.0. The van der Waals surface area contributed by atoms with Gasteiger partial charge in [-0.25, -0.2) is 13.5 Å². The molecule has 0 saturated carbocycles.